The Morgan fingerprint density at radius 3 is 2.38 bits per heavy atom. The number of nitrogens with zero attached hydrogens (tertiary/aromatic N) is 3. The second-order valence-corrected chi connectivity index (χ2v) is 7.99. The molecule has 1 aromatic heterocycles. The quantitative estimate of drug-likeness (QED) is 0.688. The van der Waals surface area contributed by atoms with Crippen LogP contribution in [0.2, 0.25) is 0 Å². The number of imide groups is 1. The van der Waals surface area contributed by atoms with Crippen molar-refractivity contribution in [2.45, 2.75) is 25.3 Å². The van der Waals surface area contributed by atoms with Crippen LogP contribution in [0.5, 0.6) is 0 Å². The number of aromatic nitrogens is 1. The summed E-state index contributed by atoms with van der Waals surface area (Å²) < 4.78 is 27.0. The number of hydrogen-bond donors (Lipinski definition) is 2. The maximum atomic E-state index is 13.5. The van der Waals surface area contributed by atoms with Gasteiger partial charge in [-0.15, -0.1) is 0 Å². The topological polar surface area (TPSA) is 94.6 Å². The van der Waals surface area contributed by atoms with Crippen molar-refractivity contribution in [2.24, 2.45) is 0 Å². The molecule has 0 aliphatic carbocycles. The third-order valence-corrected chi connectivity index (χ3v) is 5.89. The van der Waals surface area contributed by atoms with Gasteiger partial charge in [0.1, 0.15) is 17.2 Å². The van der Waals surface area contributed by atoms with E-state index in [1.54, 1.807) is 30.2 Å². The molecule has 32 heavy (non-hydrogen) atoms. The summed E-state index contributed by atoms with van der Waals surface area (Å²) in [6.07, 6.45) is 1.70. The summed E-state index contributed by atoms with van der Waals surface area (Å²) in [5.41, 5.74) is 0.361. The predicted molar refractivity (Wildman–Crippen MR) is 112 cm³/mol. The molecule has 0 saturated carbocycles. The van der Waals surface area contributed by atoms with Crippen LogP contribution in [0.3, 0.4) is 0 Å². The van der Waals surface area contributed by atoms with E-state index >= 15 is 0 Å². The number of piperazine rings is 1. The molecule has 8 nitrogen and oxygen atoms in total. The van der Waals surface area contributed by atoms with Crippen LogP contribution >= 0.6 is 0 Å². The standard InChI is InChI=1S/C22H23F2N5O3/c1-14-10-15(3-5-25-14)22(20(31)26-21(32)27-22)4-2-19(30)29-8-6-28(7-9-29)18-12-16(23)11-17(24)13-18/h3,5,10-13H,2,4,6-9H2,1H3,(H2,26,27,31,32). The molecular formula is C22H23F2N5O3. The molecule has 0 radical (unpaired) electrons. The number of urea groups is 1. The van der Waals surface area contributed by atoms with Gasteiger partial charge in [-0.05, 0) is 43.2 Å². The van der Waals surface area contributed by atoms with E-state index in [1.807, 2.05) is 4.90 Å². The minimum atomic E-state index is -1.33. The lowest BCUT2D eigenvalue weighted by Gasteiger charge is -2.36. The average molecular weight is 443 g/mol. The number of rotatable bonds is 5. The molecule has 1 aromatic carbocycles. The summed E-state index contributed by atoms with van der Waals surface area (Å²) in [5, 5.41) is 4.94. The number of benzene rings is 1. The number of amides is 4. The number of anilines is 1. The lowest BCUT2D eigenvalue weighted by molar-refractivity contribution is -0.132. The van der Waals surface area contributed by atoms with Crippen LogP contribution in [0.25, 0.3) is 0 Å². The monoisotopic (exact) mass is 443 g/mol. The van der Waals surface area contributed by atoms with Crippen molar-refractivity contribution in [1.82, 2.24) is 20.5 Å². The summed E-state index contributed by atoms with van der Waals surface area (Å²) in [5.74, 6) is -1.95. The van der Waals surface area contributed by atoms with Gasteiger partial charge in [0.2, 0.25) is 5.91 Å². The average Bonchev–Trinajstić information content (AvgIpc) is 3.05. The third-order valence-electron chi connectivity index (χ3n) is 5.89. The number of nitrogens with one attached hydrogen (secondary N) is 2. The van der Waals surface area contributed by atoms with E-state index in [0.29, 0.717) is 43.1 Å². The van der Waals surface area contributed by atoms with Crippen molar-refractivity contribution < 1.29 is 23.2 Å². The minimum Gasteiger partial charge on any atom is -0.368 e. The van der Waals surface area contributed by atoms with Gasteiger partial charge >= 0.3 is 6.03 Å². The van der Waals surface area contributed by atoms with Crippen LogP contribution in [0.4, 0.5) is 19.3 Å². The zero-order valence-corrected chi connectivity index (χ0v) is 17.5. The van der Waals surface area contributed by atoms with E-state index in [2.05, 4.69) is 15.6 Å². The Balaban J connectivity index is 1.41. The number of pyridine rings is 1. The SMILES string of the molecule is Cc1cc(C2(CCC(=O)N3CCN(c4cc(F)cc(F)c4)CC3)NC(=O)NC2=O)ccn1. The Labute approximate surface area is 183 Å². The first-order chi connectivity index (χ1) is 15.3. The molecule has 2 N–H and O–H groups in total. The fourth-order valence-corrected chi connectivity index (χ4v) is 4.21. The van der Waals surface area contributed by atoms with Crippen molar-refractivity contribution in [3.05, 3.63) is 59.4 Å². The first kappa shape index (κ1) is 21.7. The van der Waals surface area contributed by atoms with Crippen LogP contribution in [0.15, 0.2) is 36.5 Å². The maximum absolute atomic E-state index is 13.5. The smallest absolute Gasteiger partial charge is 0.322 e. The molecule has 4 amide bonds. The third kappa shape index (κ3) is 4.25. The number of halogens is 2. The minimum absolute atomic E-state index is 0.0453. The zero-order chi connectivity index (χ0) is 22.9. The van der Waals surface area contributed by atoms with E-state index in [9.17, 15) is 23.2 Å². The Kier molecular flexibility index (Phi) is 5.77. The number of carbonyl (C=O) groups excluding carboxylic acids is 3. The van der Waals surface area contributed by atoms with E-state index in [0.717, 1.165) is 6.07 Å². The molecular weight excluding hydrogens is 420 g/mol. The van der Waals surface area contributed by atoms with Gasteiger partial charge in [-0.25, -0.2) is 13.6 Å². The highest BCUT2D eigenvalue weighted by atomic mass is 19.1. The van der Waals surface area contributed by atoms with Crippen molar-refractivity contribution >= 4 is 23.5 Å². The van der Waals surface area contributed by atoms with E-state index < -0.39 is 29.1 Å². The van der Waals surface area contributed by atoms with Crippen molar-refractivity contribution in [3.8, 4) is 0 Å². The maximum Gasteiger partial charge on any atom is 0.322 e. The fraction of sp³-hybridized carbons (Fsp3) is 0.364. The Bertz CT molecular complexity index is 1050. The molecule has 10 heteroatoms. The summed E-state index contributed by atoms with van der Waals surface area (Å²) in [4.78, 5) is 45.0. The number of hydrogen-bond acceptors (Lipinski definition) is 5. The highest BCUT2D eigenvalue weighted by Gasteiger charge is 2.48. The summed E-state index contributed by atoms with van der Waals surface area (Å²) in [6.45, 7) is 3.41. The van der Waals surface area contributed by atoms with Gasteiger partial charge in [0.25, 0.3) is 5.91 Å². The second kappa shape index (κ2) is 8.52. The van der Waals surface area contributed by atoms with E-state index in [-0.39, 0.29) is 18.7 Å². The Morgan fingerprint density at radius 1 is 1.09 bits per heavy atom. The van der Waals surface area contributed by atoms with Gasteiger partial charge in [-0.2, -0.15) is 0 Å². The van der Waals surface area contributed by atoms with Crippen molar-refractivity contribution in [2.75, 3.05) is 31.1 Å². The van der Waals surface area contributed by atoms with Crippen LogP contribution in [0, 0.1) is 18.6 Å². The van der Waals surface area contributed by atoms with Gasteiger partial charge in [-0.3, -0.25) is 19.9 Å². The van der Waals surface area contributed by atoms with Gasteiger partial charge < -0.3 is 15.1 Å². The number of aryl methyl sites for hydroxylation is 1. The van der Waals surface area contributed by atoms with Gasteiger partial charge in [0.05, 0.1) is 0 Å². The summed E-state index contributed by atoms with van der Waals surface area (Å²) in [6, 6.07) is 6.12. The predicted octanol–water partition coefficient (Wildman–Crippen LogP) is 1.83. The molecule has 0 spiro atoms. The molecule has 3 heterocycles. The molecule has 168 valence electrons. The van der Waals surface area contributed by atoms with Gasteiger partial charge in [-0.1, -0.05) is 0 Å². The fourth-order valence-electron chi connectivity index (χ4n) is 4.21. The Hall–Kier alpha value is -3.56. The lowest BCUT2D eigenvalue weighted by atomic mass is 9.85. The van der Waals surface area contributed by atoms with Gasteiger partial charge in [0.15, 0.2) is 0 Å². The molecule has 2 aromatic rings. The Morgan fingerprint density at radius 2 is 1.78 bits per heavy atom. The van der Waals surface area contributed by atoms with Crippen LogP contribution in [-0.4, -0.2) is 53.9 Å². The zero-order valence-electron chi connectivity index (χ0n) is 17.5. The van der Waals surface area contributed by atoms with E-state index in [1.165, 1.54) is 12.1 Å². The second-order valence-electron chi connectivity index (χ2n) is 7.99. The molecule has 2 fully saturated rings. The highest BCUT2D eigenvalue weighted by molar-refractivity contribution is 6.07. The largest absolute Gasteiger partial charge is 0.368 e. The summed E-state index contributed by atoms with van der Waals surface area (Å²) in [7, 11) is 0. The molecule has 0 bridgehead atoms. The van der Waals surface area contributed by atoms with Crippen LogP contribution in [-0.2, 0) is 15.1 Å². The highest BCUT2D eigenvalue weighted by Crippen LogP contribution is 2.31. The normalized spacial score (nSPS) is 20.8. The molecule has 2 aliphatic heterocycles. The molecule has 1 unspecified atom stereocenters. The van der Waals surface area contributed by atoms with Gasteiger partial charge in [0, 0.05) is 56.2 Å². The molecule has 2 aliphatic rings. The first-order valence-electron chi connectivity index (χ1n) is 10.3. The van der Waals surface area contributed by atoms with Crippen molar-refractivity contribution in [1.29, 1.82) is 0 Å². The lowest BCUT2D eigenvalue weighted by Crippen LogP contribution is -2.50. The van der Waals surface area contributed by atoms with Crippen LogP contribution in [0.1, 0.15) is 24.1 Å². The molecule has 2 saturated heterocycles. The molecule has 4 rings (SSSR count). The summed E-state index contributed by atoms with van der Waals surface area (Å²) >= 11 is 0. The van der Waals surface area contributed by atoms with Crippen molar-refractivity contribution in [3.63, 3.8) is 0 Å². The number of carbonyl (C=O) groups is 3. The first-order valence-corrected chi connectivity index (χ1v) is 10.3. The van der Waals surface area contributed by atoms with E-state index in [4.69, 9.17) is 0 Å². The molecule has 1 atom stereocenters. The van der Waals surface area contributed by atoms with Crippen LogP contribution < -0.4 is 15.5 Å².